The number of methoxy groups -OCH3 is 2. The Labute approximate surface area is 80.2 Å². The zero-order valence-corrected chi connectivity index (χ0v) is 8.83. The van der Waals surface area contributed by atoms with Crippen LogP contribution in [0.3, 0.4) is 0 Å². The van der Waals surface area contributed by atoms with E-state index in [9.17, 15) is 0 Å². The Morgan fingerprint density at radius 1 is 1.15 bits per heavy atom. The highest BCUT2D eigenvalue weighted by Gasteiger charge is 2.26. The van der Waals surface area contributed by atoms with E-state index in [1.807, 2.05) is 0 Å². The highest BCUT2D eigenvalue weighted by molar-refractivity contribution is 5.20. The van der Waals surface area contributed by atoms with Crippen LogP contribution >= 0.6 is 0 Å². The fraction of sp³-hybridized carbons (Fsp3) is 0.636. The molecule has 0 bridgehead atoms. The molecular formula is C11H18O2. The van der Waals surface area contributed by atoms with Gasteiger partial charge in [0.2, 0.25) is 0 Å². The topological polar surface area (TPSA) is 18.5 Å². The lowest BCUT2D eigenvalue weighted by Gasteiger charge is -2.27. The molecule has 1 aliphatic carbocycles. The first kappa shape index (κ1) is 10.2. The van der Waals surface area contributed by atoms with Gasteiger partial charge in [-0.2, -0.15) is 0 Å². The lowest BCUT2D eigenvalue weighted by atomic mass is 9.88. The van der Waals surface area contributed by atoms with Crippen molar-refractivity contribution in [3.63, 3.8) is 0 Å². The molecule has 0 radical (unpaired) electrons. The van der Waals surface area contributed by atoms with Crippen molar-refractivity contribution >= 4 is 0 Å². The van der Waals surface area contributed by atoms with Crippen LogP contribution < -0.4 is 0 Å². The Hall–Kier alpha value is -0.920. The molecule has 0 N–H and O–H groups in total. The first-order chi connectivity index (χ1) is 6.20. The molecule has 2 nitrogen and oxygen atoms in total. The van der Waals surface area contributed by atoms with Crippen molar-refractivity contribution < 1.29 is 9.47 Å². The fourth-order valence-corrected chi connectivity index (χ4v) is 1.76. The molecule has 0 fully saturated rings. The number of ether oxygens (including phenoxy) is 2. The van der Waals surface area contributed by atoms with E-state index in [1.54, 1.807) is 14.2 Å². The Morgan fingerprint density at radius 2 is 1.62 bits per heavy atom. The van der Waals surface area contributed by atoms with Crippen molar-refractivity contribution in [2.75, 3.05) is 14.2 Å². The Bertz CT molecular complexity index is 206. The van der Waals surface area contributed by atoms with Gasteiger partial charge in [0.25, 0.3) is 0 Å². The summed E-state index contributed by atoms with van der Waals surface area (Å²) in [6.45, 7) is 4.35. The van der Waals surface area contributed by atoms with Crippen LogP contribution in [0.25, 0.3) is 0 Å². The van der Waals surface area contributed by atoms with E-state index in [4.69, 9.17) is 9.47 Å². The highest BCUT2D eigenvalue weighted by atomic mass is 16.5. The quantitative estimate of drug-likeness (QED) is 0.668. The van der Waals surface area contributed by atoms with Crippen LogP contribution in [0, 0.1) is 11.8 Å². The smallest absolute Gasteiger partial charge is 0.103 e. The second-order valence-corrected chi connectivity index (χ2v) is 3.58. The monoisotopic (exact) mass is 182 g/mol. The Morgan fingerprint density at radius 3 is 1.92 bits per heavy atom. The molecule has 1 rings (SSSR count). The maximum Gasteiger partial charge on any atom is 0.103 e. The molecule has 0 aliphatic heterocycles. The minimum Gasteiger partial charge on any atom is -0.501 e. The molecule has 0 aromatic rings. The summed E-state index contributed by atoms with van der Waals surface area (Å²) < 4.78 is 10.7. The van der Waals surface area contributed by atoms with E-state index in [0.29, 0.717) is 11.8 Å². The molecule has 0 amide bonds. The van der Waals surface area contributed by atoms with Crippen molar-refractivity contribution in [2.24, 2.45) is 11.8 Å². The number of rotatable bonds is 3. The van der Waals surface area contributed by atoms with Crippen LogP contribution in [0.1, 0.15) is 20.3 Å². The predicted octanol–water partition coefficient (Wildman–Crippen LogP) is 2.72. The van der Waals surface area contributed by atoms with Crippen molar-refractivity contribution in [1.82, 2.24) is 0 Å². The van der Waals surface area contributed by atoms with Gasteiger partial charge in [0, 0.05) is 0 Å². The first-order valence-corrected chi connectivity index (χ1v) is 4.68. The van der Waals surface area contributed by atoms with Gasteiger partial charge < -0.3 is 9.47 Å². The van der Waals surface area contributed by atoms with Crippen molar-refractivity contribution in [1.29, 1.82) is 0 Å². The maximum absolute atomic E-state index is 5.34. The van der Waals surface area contributed by atoms with E-state index in [-0.39, 0.29) is 0 Å². The third-order valence-corrected chi connectivity index (χ3v) is 2.39. The van der Waals surface area contributed by atoms with Crippen molar-refractivity contribution in [2.45, 2.75) is 20.3 Å². The second-order valence-electron chi connectivity index (χ2n) is 3.58. The lowest BCUT2D eigenvalue weighted by Crippen LogP contribution is -2.19. The number of hydrogen-bond acceptors (Lipinski definition) is 2. The average Bonchev–Trinajstić information content (AvgIpc) is 2.16. The minimum atomic E-state index is 0.295. The molecule has 0 aromatic carbocycles. The van der Waals surface area contributed by atoms with Crippen LogP contribution in [0.5, 0.6) is 0 Å². The van der Waals surface area contributed by atoms with E-state index in [2.05, 4.69) is 26.0 Å². The van der Waals surface area contributed by atoms with Crippen LogP contribution in [0.15, 0.2) is 23.7 Å². The van der Waals surface area contributed by atoms with Gasteiger partial charge in [-0.3, -0.25) is 0 Å². The van der Waals surface area contributed by atoms with Gasteiger partial charge in [0.1, 0.15) is 11.5 Å². The summed E-state index contributed by atoms with van der Waals surface area (Å²) in [6, 6.07) is 0. The second kappa shape index (κ2) is 4.35. The Balaban J connectivity index is 2.84. The van der Waals surface area contributed by atoms with E-state index < -0.39 is 0 Å². The zero-order chi connectivity index (χ0) is 9.84. The first-order valence-electron chi connectivity index (χ1n) is 4.68. The molecule has 1 aliphatic rings. The van der Waals surface area contributed by atoms with E-state index in [1.165, 1.54) is 0 Å². The maximum atomic E-state index is 5.34. The molecule has 0 aromatic heterocycles. The molecule has 0 atom stereocenters. The van der Waals surface area contributed by atoms with Crippen LogP contribution in [0.2, 0.25) is 0 Å². The molecule has 0 saturated carbocycles. The summed E-state index contributed by atoms with van der Waals surface area (Å²) in [4.78, 5) is 0. The van der Waals surface area contributed by atoms with Gasteiger partial charge in [-0.1, -0.05) is 13.8 Å². The highest BCUT2D eigenvalue weighted by Crippen LogP contribution is 2.32. The minimum absolute atomic E-state index is 0.295. The third kappa shape index (κ3) is 2.06. The van der Waals surface area contributed by atoms with Gasteiger partial charge in [-0.05, 0) is 24.5 Å². The molecular weight excluding hydrogens is 164 g/mol. The molecule has 0 saturated heterocycles. The lowest BCUT2D eigenvalue weighted by molar-refractivity contribution is 0.165. The summed E-state index contributed by atoms with van der Waals surface area (Å²) in [5, 5.41) is 0. The predicted molar refractivity (Wildman–Crippen MR) is 53.1 cm³/mol. The normalized spacial score (nSPS) is 18.2. The van der Waals surface area contributed by atoms with Crippen LogP contribution in [-0.2, 0) is 9.47 Å². The summed E-state index contributed by atoms with van der Waals surface area (Å²) in [6.07, 6.45) is 5.15. The summed E-state index contributed by atoms with van der Waals surface area (Å²) in [5.74, 6) is 2.88. The van der Waals surface area contributed by atoms with Crippen molar-refractivity contribution in [3.05, 3.63) is 23.7 Å². The van der Waals surface area contributed by atoms with Crippen LogP contribution in [-0.4, -0.2) is 14.2 Å². The third-order valence-electron chi connectivity index (χ3n) is 2.39. The van der Waals surface area contributed by atoms with Crippen molar-refractivity contribution in [3.8, 4) is 0 Å². The number of allylic oxidation sites excluding steroid dienone is 2. The van der Waals surface area contributed by atoms with Crippen LogP contribution in [0.4, 0.5) is 0 Å². The number of hydrogen-bond donors (Lipinski definition) is 0. The van der Waals surface area contributed by atoms with Gasteiger partial charge >= 0.3 is 0 Å². The summed E-state index contributed by atoms with van der Waals surface area (Å²) in [5.41, 5.74) is 0. The van der Waals surface area contributed by atoms with Gasteiger partial charge in [-0.25, -0.2) is 0 Å². The van der Waals surface area contributed by atoms with Gasteiger partial charge in [-0.15, -0.1) is 0 Å². The average molecular weight is 182 g/mol. The molecule has 0 spiro atoms. The SMILES string of the molecule is COC1=CCC=C(OC)C1C(C)C. The molecule has 0 heterocycles. The summed E-state index contributed by atoms with van der Waals surface area (Å²) >= 11 is 0. The molecule has 0 unspecified atom stereocenters. The molecule has 74 valence electrons. The van der Waals surface area contributed by atoms with Gasteiger partial charge in [0.05, 0.1) is 20.1 Å². The standard InChI is InChI=1S/C11H18O2/c1-8(2)11-9(12-3)6-5-7-10(11)13-4/h6-8,11H,5H2,1-4H3. The molecule has 13 heavy (non-hydrogen) atoms. The fourth-order valence-electron chi connectivity index (χ4n) is 1.76. The summed E-state index contributed by atoms with van der Waals surface area (Å²) in [7, 11) is 3.44. The zero-order valence-electron chi connectivity index (χ0n) is 8.83. The Kier molecular flexibility index (Phi) is 3.40. The largest absolute Gasteiger partial charge is 0.501 e. The molecule has 2 heteroatoms. The van der Waals surface area contributed by atoms with Gasteiger partial charge in [0.15, 0.2) is 0 Å². The van der Waals surface area contributed by atoms with E-state index >= 15 is 0 Å². The van der Waals surface area contributed by atoms with E-state index in [0.717, 1.165) is 17.9 Å².